The zero-order chi connectivity index (χ0) is 23.4. The van der Waals surface area contributed by atoms with Crippen LogP contribution in [0.3, 0.4) is 0 Å². The third-order valence-corrected chi connectivity index (χ3v) is 5.24. The van der Waals surface area contributed by atoms with E-state index in [0.717, 1.165) is 0 Å². The van der Waals surface area contributed by atoms with Crippen molar-refractivity contribution in [3.8, 4) is 0 Å². The maximum absolute atomic E-state index is 12.6. The fourth-order valence-electron chi connectivity index (χ4n) is 2.89. The van der Waals surface area contributed by atoms with Crippen LogP contribution in [-0.2, 0) is 24.0 Å². The van der Waals surface area contributed by atoms with Crippen molar-refractivity contribution >= 4 is 66.0 Å². The molecule has 0 aromatic heterocycles. The standard InChI is InChI=1S/C17H33B3N4O5S/c1-16(2,30)11(25)3-4-12(26)21-17(8-5-13(27)22-18,9-6-14(28)23-19)10-7-15(29)24-20/h30H,3-10,18-20H2,1-2H3,(H,21,26)(H,22,27)(H,23,28)(H,24,29). The Morgan fingerprint density at radius 2 is 1.03 bits per heavy atom. The molecule has 13 heteroatoms. The number of thiol groups is 1. The van der Waals surface area contributed by atoms with E-state index < -0.39 is 10.3 Å². The number of hydrogen-bond acceptors (Lipinski definition) is 6. The minimum atomic E-state index is -0.928. The summed E-state index contributed by atoms with van der Waals surface area (Å²) in [5.41, 5.74) is -0.928. The van der Waals surface area contributed by atoms with Crippen LogP contribution in [0.4, 0.5) is 0 Å². The van der Waals surface area contributed by atoms with E-state index in [4.69, 9.17) is 0 Å². The molecular formula is C17H33B3N4O5S. The highest BCUT2D eigenvalue weighted by molar-refractivity contribution is 7.82. The molecule has 0 aliphatic heterocycles. The molecule has 30 heavy (non-hydrogen) atoms. The van der Waals surface area contributed by atoms with E-state index in [9.17, 15) is 24.0 Å². The van der Waals surface area contributed by atoms with Gasteiger partial charge in [-0.3, -0.25) is 24.0 Å². The summed E-state index contributed by atoms with van der Waals surface area (Å²) in [6.45, 7) is 3.33. The number of nitrogens with one attached hydrogen (secondary N) is 4. The molecule has 4 amide bonds. The first-order chi connectivity index (χ1) is 13.9. The molecule has 0 saturated carbocycles. The third kappa shape index (κ3) is 11.3. The second-order valence-electron chi connectivity index (χ2n) is 7.83. The van der Waals surface area contributed by atoms with Crippen molar-refractivity contribution in [2.45, 2.75) is 75.5 Å². The summed E-state index contributed by atoms with van der Waals surface area (Å²) in [6.07, 6.45) is 1.15. The van der Waals surface area contributed by atoms with Crippen LogP contribution in [-0.4, -0.2) is 63.6 Å². The van der Waals surface area contributed by atoms with Crippen LogP contribution >= 0.6 is 12.6 Å². The summed E-state index contributed by atoms with van der Waals surface area (Å²) in [5.74, 6) is -1.15. The molecule has 0 atom stereocenters. The summed E-state index contributed by atoms with van der Waals surface area (Å²) >= 11 is 4.22. The Morgan fingerprint density at radius 3 is 1.33 bits per heavy atom. The molecule has 0 bridgehead atoms. The fraction of sp³-hybridized carbons (Fsp3) is 0.706. The van der Waals surface area contributed by atoms with Gasteiger partial charge in [0.1, 0.15) is 5.78 Å². The highest BCUT2D eigenvalue weighted by Crippen LogP contribution is 2.26. The van der Waals surface area contributed by atoms with Gasteiger partial charge in [0.2, 0.25) is 47.6 Å². The molecule has 0 saturated heterocycles. The Kier molecular flexibility index (Phi) is 12.6. The first kappa shape index (κ1) is 28.1. The zero-order valence-corrected chi connectivity index (χ0v) is 19.5. The molecule has 0 heterocycles. The highest BCUT2D eigenvalue weighted by atomic mass is 32.1. The van der Waals surface area contributed by atoms with Gasteiger partial charge in [0.05, 0.1) is 4.75 Å². The van der Waals surface area contributed by atoms with Gasteiger partial charge >= 0.3 is 0 Å². The Balaban J connectivity index is 5.47. The lowest BCUT2D eigenvalue weighted by atomic mass is 9.82. The van der Waals surface area contributed by atoms with Crippen LogP contribution in [0.25, 0.3) is 0 Å². The van der Waals surface area contributed by atoms with Gasteiger partial charge in [0.25, 0.3) is 0 Å². The Labute approximate surface area is 186 Å². The summed E-state index contributed by atoms with van der Waals surface area (Å²) in [5, 5.41) is 10.5. The smallest absolute Gasteiger partial charge is 0.220 e. The van der Waals surface area contributed by atoms with Crippen LogP contribution in [0.2, 0.25) is 0 Å². The van der Waals surface area contributed by atoms with Gasteiger partial charge in [0, 0.05) is 37.6 Å². The van der Waals surface area contributed by atoms with Crippen molar-refractivity contribution in [3.63, 3.8) is 0 Å². The molecule has 0 aliphatic carbocycles. The predicted molar refractivity (Wildman–Crippen MR) is 126 cm³/mol. The lowest BCUT2D eigenvalue weighted by Crippen LogP contribution is -2.50. The van der Waals surface area contributed by atoms with Crippen LogP contribution in [0.5, 0.6) is 0 Å². The maximum Gasteiger partial charge on any atom is 0.220 e. The van der Waals surface area contributed by atoms with Crippen LogP contribution in [0.15, 0.2) is 0 Å². The first-order valence-electron chi connectivity index (χ1n) is 10.1. The molecule has 0 rings (SSSR count). The average molecular weight is 438 g/mol. The predicted octanol–water partition coefficient (Wildman–Crippen LogP) is -2.77. The number of amides is 4. The fourth-order valence-corrected chi connectivity index (χ4v) is 3.00. The van der Waals surface area contributed by atoms with E-state index in [0.29, 0.717) is 0 Å². The van der Waals surface area contributed by atoms with Gasteiger partial charge in [-0.1, -0.05) is 0 Å². The number of hydrogen-bond donors (Lipinski definition) is 5. The third-order valence-electron chi connectivity index (χ3n) is 4.99. The van der Waals surface area contributed by atoms with Gasteiger partial charge in [0.15, 0.2) is 0 Å². The van der Waals surface area contributed by atoms with Crippen molar-refractivity contribution in [3.05, 3.63) is 0 Å². The summed E-state index contributed by atoms with van der Waals surface area (Å²) in [6, 6.07) is 0. The number of rotatable bonds is 14. The number of carbonyl (C=O) groups is 5. The summed E-state index contributed by atoms with van der Waals surface area (Å²) in [7, 11) is 4.55. The van der Waals surface area contributed by atoms with E-state index in [1.807, 2.05) is 0 Å². The minimum Gasteiger partial charge on any atom is -0.406 e. The van der Waals surface area contributed by atoms with E-state index in [-0.39, 0.29) is 80.8 Å². The number of Topliss-reactive ketones (excluding diaryl/α,β-unsaturated/α-hetero) is 1. The van der Waals surface area contributed by atoms with Crippen molar-refractivity contribution < 1.29 is 24.0 Å². The normalized spacial score (nSPS) is 11.3. The first-order valence-corrected chi connectivity index (χ1v) is 10.5. The van der Waals surface area contributed by atoms with Crippen LogP contribution < -0.4 is 21.0 Å². The van der Waals surface area contributed by atoms with Crippen LogP contribution in [0.1, 0.15) is 65.2 Å². The Hall–Kier alpha value is -1.91. The van der Waals surface area contributed by atoms with Crippen molar-refractivity contribution in [2.24, 2.45) is 0 Å². The Morgan fingerprint density at radius 1 is 0.667 bits per heavy atom. The van der Waals surface area contributed by atoms with Crippen molar-refractivity contribution in [1.29, 1.82) is 0 Å². The molecule has 0 unspecified atom stereocenters. The van der Waals surface area contributed by atoms with Gasteiger partial charge in [-0.2, -0.15) is 12.6 Å². The molecule has 0 aromatic carbocycles. The lowest BCUT2D eigenvalue weighted by Gasteiger charge is -2.35. The van der Waals surface area contributed by atoms with Gasteiger partial charge in [-0.15, -0.1) is 0 Å². The zero-order valence-electron chi connectivity index (χ0n) is 18.6. The Bertz CT molecular complexity index is 593. The number of carbonyl (C=O) groups excluding carboxylic acids is 5. The topological polar surface area (TPSA) is 133 Å². The largest absolute Gasteiger partial charge is 0.406 e. The molecule has 0 spiro atoms. The van der Waals surface area contributed by atoms with Gasteiger partial charge in [-0.05, 0) is 33.1 Å². The maximum atomic E-state index is 12.6. The number of ketones is 1. The molecule has 9 nitrogen and oxygen atoms in total. The molecule has 0 aromatic rings. The van der Waals surface area contributed by atoms with E-state index >= 15 is 0 Å². The van der Waals surface area contributed by atoms with Gasteiger partial charge in [-0.25, -0.2) is 0 Å². The van der Waals surface area contributed by atoms with Crippen molar-refractivity contribution in [1.82, 2.24) is 21.0 Å². The van der Waals surface area contributed by atoms with Gasteiger partial charge < -0.3 is 21.0 Å². The molecule has 0 radical (unpaired) electrons. The molecule has 0 fully saturated rings. The SMILES string of the molecule is BNC(=O)CCC(CCC(=O)NB)(CCC(=O)NB)NC(=O)CCC(=O)C(C)(C)S. The average Bonchev–Trinajstić information content (AvgIpc) is 2.71. The second-order valence-corrected chi connectivity index (χ2v) is 8.95. The quantitative estimate of drug-likeness (QED) is 0.148. The van der Waals surface area contributed by atoms with E-state index in [2.05, 4.69) is 33.6 Å². The van der Waals surface area contributed by atoms with E-state index in [1.165, 1.54) is 23.9 Å². The molecule has 0 aliphatic rings. The highest BCUT2D eigenvalue weighted by Gasteiger charge is 2.33. The molecule has 4 N–H and O–H groups in total. The van der Waals surface area contributed by atoms with E-state index in [1.54, 1.807) is 13.8 Å². The monoisotopic (exact) mass is 438 g/mol. The summed E-state index contributed by atoms with van der Waals surface area (Å²) < 4.78 is -0.838. The lowest BCUT2D eigenvalue weighted by molar-refractivity contribution is -0.128. The molecular weight excluding hydrogens is 405 g/mol. The summed E-state index contributed by atoms with van der Waals surface area (Å²) in [4.78, 5) is 60.2. The van der Waals surface area contributed by atoms with Crippen LogP contribution in [0, 0.1) is 0 Å². The van der Waals surface area contributed by atoms with Crippen molar-refractivity contribution in [2.75, 3.05) is 0 Å². The second kappa shape index (κ2) is 13.4. The minimum absolute atomic E-state index is 0.0265. The molecule has 166 valence electrons.